The van der Waals surface area contributed by atoms with E-state index in [-0.39, 0.29) is 10.5 Å². The van der Waals surface area contributed by atoms with Crippen molar-refractivity contribution in [1.82, 2.24) is 14.6 Å². The summed E-state index contributed by atoms with van der Waals surface area (Å²) in [6.45, 7) is 5.56. The zero-order valence-electron chi connectivity index (χ0n) is 20.5. The highest BCUT2D eigenvalue weighted by Gasteiger charge is 2.53. The summed E-state index contributed by atoms with van der Waals surface area (Å²) in [5.74, 6) is -0.562. The van der Waals surface area contributed by atoms with Gasteiger partial charge in [-0.1, -0.05) is 11.6 Å². The highest BCUT2D eigenvalue weighted by atomic mass is 35.5. The molecule has 1 aromatic heterocycles. The van der Waals surface area contributed by atoms with E-state index in [4.69, 9.17) is 42.3 Å². The standard InChI is InChI=1S/C22H29ClN3O9PS/c1-12(2)33-19(29)13(3)25-36(31,35-15-7-5-14(23)6-8-15)32-11-16-18(28)22(4,30)20(34-16)26-10-9-17(27)24-21(26)37/h5-10,12-13,16,18,20,28,30H,11H2,1-4H3,(H,25,31)(H,24,27,37)/t13-,16+,18-,20+,22?,36?/m0/s1. The van der Waals surface area contributed by atoms with Crippen molar-refractivity contribution < 1.29 is 38.1 Å². The molecule has 0 saturated carbocycles. The monoisotopic (exact) mass is 577 g/mol. The minimum Gasteiger partial charge on any atom is -0.462 e. The first-order chi connectivity index (χ1) is 17.2. The molecule has 2 unspecified atom stereocenters. The Balaban J connectivity index is 1.81. The molecule has 2 heterocycles. The molecular formula is C22H29ClN3O9PS. The summed E-state index contributed by atoms with van der Waals surface area (Å²) in [7, 11) is -4.28. The van der Waals surface area contributed by atoms with Crippen molar-refractivity contribution in [2.75, 3.05) is 6.61 Å². The molecule has 1 aliphatic heterocycles. The van der Waals surface area contributed by atoms with Crippen molar-refractivity contribution in [2.45, 2.75) is 63.9 Å². The first kappa shape index (κ1) is 29.5. The second kappa shape index (κ2) is 11.7. The van der Waals surface area contributed by atoms with Gasteiger partial charge in [0.05, 0.1) is 12.7 Å². The van der Waals surface area contributed by atoms with Crippen molar-refractivity contribution in [3.05, 3.63) is 56.7 Å². The average molecular weight is 578 g/mol. The van der Waals surface area contributed by atoms with Crippen LogP contribution in [0.4, 0.5) is 0 Å². The topological polar surface area (TPSA) is 161 Å². The summed E-state index contributed by atoms with van der Waals surface area (Å²) in [4.78, 5) is 26.2. The maximum Gasteiger partial charge on any atom is 0.459 e. The van der Waals surface area contributed by atoms with Crippen LogP contribution in [-0.4, -0.2) is 62.3 Å². The molecule has 1 fully saturated rings. The van der Waals surface area contributed by atoms with Crippen LogP contribution < -0.4 is 15.2 Å². The van der Waals surface area contributed by atoms with Gasteiger partial charge in [-0.15, -0.1) is 0 Å². The number of halogens is 1. The van der Waals surface area contributed by atoms with Gasteiger partial charge < -0.3 is 24.2 Å². The van der Waals surface area contributed by atoms with Gasteiger partial charge in [0.2, 0.25) is 0 Å². The Morgan fingerprint density at radius 2 is 1.97 bits per heavy atom. The van der Waals surface area contributed by atoms with Gasteiger partial charge in [-0.05, 0) is 64.2 Å². The number of hydrogen-bond donors (Lipinski definition) is 4. The molecule has 0 spiro atoms. The van der Waals surface area contributed by atoms with E-state index < -0.39 is 62.1 Å². The van der Waals surface area contributed by atoms with E-state index in [2.05, 4.69) is 10.1 Å². The molecular weight excluding hydrogens is 549 g/mol. The Labute approximate surface area is 223 Å². The van der Waals surface area contributed by atoms with Crippen LogP contribution in [0.2, 0.25) is 5.02 Å². The van der Waals surface area contributed by atoms with Crippen molar-refractivity contribution >= 4 is 37.5 Å². The Hall–Kier alpha value is -2.09. The van der Waals surface area contributed by atoms with Crippen molar-refractivity contribution in [3.8, 4) is 5.75 Å². The van der Waals surface area contributed by atoms with Crippen LogP contribution in [0.1, 0.15) is 33.9 Å². The van der Waals surface area contributed by atoms with Gasteiger partial charge in [0.25, 0.3) is 5.56 Å². The third-order valence-electron chi connectivity index (χ3n) is 5.36. The lowest BCUT2D eigenvalue weighted by Gasteiger charge is -2.28. The molecule has 6 atom stereocenters. The largest absolute Gasteiger partial charge is 0.462 e. The summed E-state index contributed by atoms with van der Waals surface area (Å²) >= 11 is 11.0. The second-order valence-electron chi connectivity index (χ2n) is 8.89. The molecule has 4 N–H and O–H groups in total. The summed E-state index contributed by atoms with van der Waals surface area (Å²) in [6, 6.07) is 6.02. The number of hydrogen-bond acceptors (Lipinski definition) is 10. The zero-order chi connectivity index (χ0) is 27.5. The molecule has 0 bridgehead atoms. The van der Waals surface area contributed by atoms with Gasteiger partial charge in [0.1, 0.15) is 29.6 Å². The predicted molar refractivity (Wildman–Crippen MR) is 136 cm³/mol. The first-order valence-electron chi connectivity index (χ1n) is 11.3. The van der Waals surface area contributed by atoms with Gasteiger partial charge >= 0.3 is 13.7 Å². The van der Waals surface area contributed by atoms with E-state index in [9.17, 15) is 24.4 Å². The number of aliphatic hydroxyl groups is 2. The lowest BCUT2D eigenvalue weighted by molar-refractivity contribution is -0.149. The Morgan fingerprint density at radius 1 is 1.32 bits per heavy atom. The maximum atomic E-state index is 13.7. The van der Waals surface area contributed by atoms with E-state index in [1.807, 2.05) is 0 Å². The number of carbonyl (C=O) groups is 1. The number of benzene rings is 1. The van der Waals surface area contributed by atoms with Crippen LogP contribution >= 0.6 is 31.6 Å². The quantitative estimate of drug-likeness (QED) is 0.187. The number of aromatic amines is 1. The molecule has 0 amide bonds. The van der Waals surface area contributed by atoms with Gasteiger partial charge in [0, 0.05) is 17.3 Å². The molecule has 0 radical (unpaired) electrons. The van der Waals surface area contributed by atoms with Crippen LogP contribution in [0.5, 0.6) is 5.75 Å². The average Bonchev–Trinajstić information content (AvgIpc) is 3.02. The normalized spacial score (nSPS) is 26.0. The lowest BCUT2D eigenvalue weighted by atomic mass is 9.96. The number of nitrogens with one attached hydrogen (secondary N) is 2. The number of ether oxygens (including phenoxy) is 2. The molecule has 2 aromatic rings. The Kier molecular flexibility index (Phi) is 9.36. The van der Waals surface area contributed by atoms with Gasteiger partial charge in [0.15, 0.2) is 11.0 Å². The smallest absolute Gasteiger partial charge is 0.459 e. The van der Waals surface area contributed by atoms with Gasteiger partial charge in [-0.2, -0.15) is 5.09 Å². The third kappa shape index (κ3) is 7.27. The van der Waals surface area contributed by atoms with Gasteiger partial charge in [-0.3, -0.25) is 23.7 Å². The van der Waals surface area contributed by atoms with E-state index >= 15 is 0 Å². The zero-order valence-corrected chi connectivity index (χ0v) is 23.0. The molecule has 0 aliphatic carbocycles. The van der Waals surface area contributed by atoms with Crippen molar-refractivity contribution in [2.24, 2.45) is 0 Å². The maximum absolute atomic E-state index is 13.7. The highest BCUT2D eigenvalue weighted by Crippen LogP contribution is 2.47. The van der Waals surface area contributed by atoms with Crippen LogP contribution in [0, 0.1) is 4.77 Å². The molecule has 204 valence electrons. The molecule has 1 aromatic carbocycles. The number of aromatic nitrogens is 2. The SMILES string of the molecule is CC(C)OC(=O)[C@H](C)NP(=O)(OC[C@H]1O[C@@H](n2ccc(=O)[nH]c2=S)C(C)(O)[C@H]1O)Oc1ccc(Cl)cc1. The van der Waals surface area contributed by atoms with Crippen LogP contribution in [0.25, 0.3) is 0 Å². The number of aliphatic hydroxyl groups excluding tert-OH is 1. The van der Waals surface area contributed by atoms with Gasteiger partial charge in [-0.25, -0.2) is 4.57 Å². The van der Waals surface area contributed by atoms with E-state index in [0.717, 1.165) is 0 Å². The first-order valence-corrected chi connectivity index (χ1v) is 13.6. The van der Waals surface area contributed by atoms with Crippen molar-refractivity contribution in [1.29, 1.82) is 0 Å². The fraction of sp³-hybridized carbons (Fsp3) is 0.500. The van der Waals surface area contributed by atoms with E-state index in [1.54, 1.807) is 13.8 Å². The third-order valence-corrected chi connectivity index (χ3v) is 7.57. The summed E-state index contributed by atoms with van der Waals surface area (Å²) in [5, 5.41) is 24.7. The van der Waals surface area contributed by atoms with E-state index in [0.29, 0.717) is 5.02 Å². The number of esters is 1. The molecule has 12 nitrogen and oxygen atoms in total. The molecule has 3 rings (SSSR count). The van der Waals surface area contributed by atoms with Crippen molar-refractivity contribution in [3.63, 3.8) is 0 Å². The van der Waals surface area contributed by atoms with Crippen LogP contribution in [0.15, 0.2) is 41.3 Å². The van der Waals surface area contributed by atoms with Crippen LogP contribution in [-0.2, 0) is 23.4 Å². The summed E-state index contributed by atoms with van der Waals surface area (Å²) in [5.41, 5.74) is -2.32. The fourth-order valence-electron chi connectivity index (χ4n) is 3.51. The van der Waals surface area contributed by atoms with Crippen LogP contribution in [0.3, 0.4) is 0 Å². The number of carbonyl (C=O) groups excluding carboxylic acids is 1. The Morgan fingerprint density at radius 3 is 2.57 bits per heavy atom. The minimum atomic E-state index is -4.28. The van der Waals surface area contributed by atoms with E-state index in [1.165, 1.54) is 54.9 Å². The number of rotatable bonds is 10. The predicted octanol–water partition coefficient (Wildman–Crippen LogP) is 2.70. The number of H-pyrrole nitrogens is 1. The summed E-state index contributed by atoms with van der Waals surface area (Å²) < 4.78 is 37.0. The molecule has 1 saturated heterocycles. The highest BCUT2D eigenvalue weighted by molar-refractivity contribution is 7.71. The molecule has 15 heteroatoms. The Bertz CT molecular complexity index is 1270. The second-order valence-corrected chi connectivity index (χ2v) is 11.4. The summed E-state index contributed by atoms with van der Waals surface area (Å²) in [6.07, 6.45) is -3.01. The lowest BCUT2D eigenvalue weighted by Crippen LogP contribution is -2.45. The fourth-order valence-corrected chi connectivity index (χ4v) is 5.40. The number of nitrogens with zero attached hydrogens (tertiary/aromatic N) is 1. The minimum absolute atomic E-state index is 0.0394. The molecule has 37 heavy (non-hydrogen) atoms. The molecule has 1 aliphatic rings.